The molecule has 2 heterocycles. The minimum absolute atomic E-state index is 0.0790. The third kappa shape index (κ3) is 6.15. The van der Waals surface area contributed by atoms with Gasteiger partial charge in [0.1, 0.15) is 24.1 Å². The minimum Gasteiger partial charge on any atom is -0.474 e. The quantitative estimate of drug-likeness (QED) is 0.423. The van der Waals surface area contributed by atoms with Gasteiger partial charge in [-0.15, -0.1) is 0 Å². The van der Waals surface area contributed by atoms with Gasteiger partial charge in [-0.3, -0.25) is 14.4 Å². The standard InChI is InChI=1S/C22H26N6O5/c1-12(15-8-16(29)25-10-15)33-21-17(20(30)28-32-11-22(2,3)31)18(24)26-19(27-21)14-6-4-5-13(7-14)9-23/h4-7,12,15,31H,8,10-11H2,1-3H3,(H,25,29)(H,28,30)(H2,24,26,27)/t12?,15-/m0/s1. The number of nitrogens with two attached hydrogens (primary N) is 1. The van der Waals surface area contributed by atoms with Gasteiger partial charge in [-0.25, -0.2) is 10.5 Å². The number of rotatable bonds is 8. The maximum absolute atomic E-state index is 12.8. The van der Waals surface area contributed by atoms with Crippen molar-refractivity contribution in [1.82, 2.24) is 20.8 Å². The topological polar surface area (TPSA) is 172 Å². The van der Waals surface area contributed by atoms with Gasteiger partial charge < -0.3 is 20.9 Å². The summed E-state index contributed by atoms with van der Waals surface area (Å²) in [6.45, 7) is 5.09. The number of amides is 2. The van der Waals surface area contributed by atoms with Crippen LogP contribution in [0.15, 0.2) is 24.3 Å². The van der Waals surface area contributed by atoms with Crippen molar-refractivity contribution >= 4 is 17.6 Å². The zero-order valence-electron chi connectivity index (χ0n) is 18.6. The molecule has 3 rings (SSSR count). The van der Waals surface area contributed by atoms with Gasteiger partial charge in [0.2, 0.25) is 11.8 Å². The van der Waals surface area contributed by atoms with Crippen LogP contribution in [0.1, 0.15) is 43.1 Å². The molecule has 0 radical (unpaired) electrons. The number of anilines is 1. The van der Waals surface area contributed by atoms with Crippen molar-refractivity contribution in [1.29, 1.82) is 5.26 Å². The van der Waals surface area contributed by atoms with Crippen molar-refractivity contribution in [2.75, 3.05) is 18.9 Å². The van der Waals surface area contributed by atoms with Gasteiger partial charge in [0, 0.05) is 24.4 Å². The predicted octanol–water partition coefficient (Wildman–Crippen LogP) is 0.933. The highest BCUT2D eigenvalue weighted by Gasteiger charge is 2.31. The van der Waals surface area contributed by atoms with Crippen molar-refractivity contribution in [2.24, 2.45) is 5.92 Å². The second-order valence-corrected chi connectivity index (χ2v) is 8.43. The van der Waals surface area contributed by atoms with Gasteiger partial charge >= 0.3 is 0 Å². The van der Waals surface area contributed by atoms with Crippen molar-refractivity contribution < 1.29 is 24.3 Å². The Morgan fingerprint density at radius 3 is 2.85 bits per heavy atom. The lowest BCUT2D eigenvalue weighted by Crippen LogP contribution is -2.34. The number of carbonyl (C=O) groups is 2. The number of nitriles is 1. The van der Waals surface area contributed by atoms with Crippen LogP contribution in [0.2, 0.25) is 0 Å². The molecule has 0 bridgehead atoms. The van der Waals surface area contributed by atoms with E-state index < -0.39 is 17.6 Å². The molecule has 1 aromatic heterocycles. The normalized spacial score (nSPS) is 16.6. The van der Waals surface area contributed by atoms with Gasteiger partial charge in [-0.2, -0.15) is 10.2 Å². The maximum Gasteiger partial charge on any atom is 0.284 e. The molecule has 0 aliphatic carbocycles. The lowest BCUT2D eigenvalue weighted by Gasteiger charge is -2.22. The van der Waals surface area contributed by atoms with Crippen LogP contribution in [-0.2, 0) is 9.63 Å². The second-order valence-electron chi connectivity index (χ2n) is 8.43. The zero-order valence-corrected chi connectivity index (χ0v) is 18.6. The van der Waals surface area contributed by atoms with E-state index in [4.69, 9.17) is 15.3 Å². The third-order valence-electron chi connectivity index (χ3n) is 4.94. The summed E-state index contributed by atoms with van der Waals surface area (Å²) in [7, 11) is 0. The summed E-state index contributed by atoms with van der Waals surface area (Å²) in [6.07, 6.45) is -0.185. The van der Waals surface area contributed by atoms with Crippen LogP contribution in [0.5, 0.6) is 5.88 Å². The number of carbonyl (C=O) groups excluding carboxylic acids is 2. The fourth-order valence-electron chi connectivity index (χ4n) is 3.17. The van der Waals surface area contributed by atoms with E-state index in [1.54, 1.807) is 31.2 Å². The van der Waals surface area contributed by atoms with Crippen molar-refractivity contribution in [3.05, 3.63) is 35.4 Å². The molecule has 2 atom stereocenters. The molecule has 1 aliphatic rings. The predicted molar refractivity (Wildman–Crippen MR) is 118 cm³/mol. The van der Waals surface area contributed by atoms with E-state index in [0.29, 0.717) is 17.7 Å². The summed E-state index contributed by atoms with van der Waals surface area (Å²) >= 11 is 0. The summed E-state index contributed by atoms with van der Waals surface area (Å²) in [5.74, 6) is -1.03. The molecule has 11 nitrogen and oxygen atoms in total. The van der Waals surface area contributed by atoms with E-state index in [9.17, 15) is 20.0 Å². The Bertz CT molecular complexity index is 1090. The van der Waals surface area contributed by atoms with Crippen LogP contribution >= 0.6 is 0 Å². The molecular formula is C22H26N6O5. The smallest absolute Gasteiger partial charge is 0.284 e. The molecule has 1 aromatic carbocycles. The Morgan fingerprint density at radius 2 is 2.21 bits per heavy atom. The number of hydroxylamine groups is 1. The minimum atomic E-state index is -1.17. The largest absolute Gasteiger partial charge is 0.474 e. The van der Waals surface area contributed by atoms with Crippen LogP contribution < -0.4 is 21.3 Å². The van der Waals surface area contributed by atoms with Gasteiger partial charge in [-0.05, 0) is 32.9 Å². The second kappa shape index (κ2) is 9.81. The van der Waals surface area contributed by atoms with E-state index in [-0.39, 0.29) is 47.9 Å². The molecule has 0 spiro atoms. The van der Waals surface area contributed by atoms with E-state index in [1.165, 1.54) is 13.8 Å². The van der Waals surface area contributed by atoms with Gasteiger partial charge in [0.15, 0.2) is 5.82 Å². The fourth-order valence-corrected chi connectivity index (χ4v) is 3.17. The monoisotopic (exact) mass is 454 g/mol. The Labute approximate surface area is 190 Å². The third-order valence-corrected chi connectivity index (χ3v) is 4.94. The fraction of sp³-hybridized carbons (Fsp3) is 0.409. The van der Waals surface area contributed by atoms with E-state index in [2.05, 4.69) is 20.8 Å². The number of benzene rings is 1. The van der Waals surface area contributed by atoms with E-state index in [1.807, 2.05) is 6.07 Å². The molecule has 1 fully saturated rings. The number of nitrogens with one attached hydrogen (secondary N) is 2. The first kappa shape index (κ1) is 23.9. The lowest BCUT2D eigenvalue weighted by molar-refractivity contribution is -0.119. The highest BCUT2D eigenvalue weighted by molar-refractivity contribution is 6.00. The van der Waals surface area contributed by atoms with Crippen LogP contribution in [0.4, 0.5) is 5.82 Å². The highest BCUT2D eigenvalue weighted by atomic mass is 16.7. The maximum atomic E-state index is 12.8. The first-order valence-corrected chi connectivity index (χ1v) is 10.3. The molecule has 0 saturated carbocycles. The summed E-state index contributed by atoms with van der Waals surface area (Å²) in [5, 5.41) is 21.7. The Morgan fingerprint density at radius 1 is 1.45 bits per heavy atom. The van der Waals surface area contributed by atoms with Gasteiger partial charge in [0.05, 0.1) is 17.2 Å². The van der Waals surface area contributed by atoms with Crippen LogP contribution in [0, 0.1) is 17.2 Å². The number of nitrogens with zero attached hydrogens (tertiary/aromatic N) is 3. The Hall–Kier alpha value is -3.75. The number of aromatic nitrogens is 2. The number of hydrogen-bond donors (Lipinski definition) is 4. The molecule has 174 valence electrons. The van der Waals surface area contributed by atoms with Crippen molar-refractivity contribution in [3.8, 4) is 23.3 Å². The molecule has 2 amide bonds. The van der Waals surface area contributed by atoms with E-state index >= 15 is 0 Å². The molecule has 1 unspecified atom stereocenters. The summed E-state index contributed by atoms with van der Waals surface area (Å²) < 4.78 is 5.99. The number of nitrogen functional groups attached to an aromatic ring is 1. The van der Waals surface area contributed by atoms with Crippen LogP contribution in [0.25, 0.3) is 11.4 Å². The SMILES string of the molecule is CC(Oc1nc(-c2cccc(C#N)c2)nc(N)c1C(=O)NOCC(C)(C)O)[C@@H]1CNC(=O)C1. The van der Waals surface area contributed by atoms with Crippen LogP contribution in [0.3, 0.4) is 0 Å². The average Bonchev–Trinajstić information content (AvgIpc) is 3.19. The van der Waals surface area contributed by atoms with Crippen molar-refractivity contribution in [3.63, 3.8) is 0 Å². The molecule has 1 saturated heterocycles. The zero-order chi connectivity index (χ0) is 24.2. The lowest BCUT2D eigenvalue weighted by atomic mass is 10.0. The average molecular weight is 454 g/mol. The van der Waals surface area contributed by atoms with Crippen LogP contribution in [-0.4, -0.2) is 51.7 Å². The number of ether oxygens (including phenoxy) is 1. The molecule has 33 heavy (non-hydrogen) atoms. The first-order chi connectivity index (χ1) is 15.6. The number of aliphatic hydroxyl groups is 1. The molecule has 11 heteroatoms. The molecule has 5 N–H and O–H groups in total. The van der Waals surface area contributed by atoms with Gasteiger partial charge in [-0.1, -0.05) is 12.1 Å². The van der Waals surface area contributed by atoms with Crippen molar-refractivity contribution in [2.45, 2.75) is 38.9 Å². The Balaban J connectivity index is 1.95. The molecule has 1 aliphatic heterocycles. The summed E-state index contributed by atoms with van der Waals surface area (Å²) in [5.41, 5.74) is 7.94. The van der Waals surface area contributed by atoms with Gasteiger partial charge in [0.25, 0.3) is 5.91 Å². The molecular weight excluding hydrogens is 428 g/mol. The summed E-state index contributed by atoms with van der Waals surface area (Å²) in [4.78, 5) is 38.1. The summed E-state index contributed by atoms with van der Waals surface area (Å²) in [6, 6.07) is 8.66. The first-order valence-electron chi connectivity index (χ1n) is 10.3. The highest BCUT2D eigenvalue weighted by Crippen LogP contribution is 2.29. The Kier molecular flexibility index (Phi) is 7.10. The number of hydrogen-bond acceptors (Lipinski definition) is 9. The molecule has 2 aromatic rings. The van der Waals surface area contributed by atoms with E-state index in [0.717, 1.165) is 0 Å².